The molecule has 184 valence electrons. The van der Waals surface area contributed by atoms with E-state index in [9.17, 15) is 4.79 Å². The highest BCUT2D eigenvalue weighted by atomic mass is 16.7. The number of benzene rings is 2. The van der Waals surface area contributed by atoms with Crippen LogP contribution in [-0.2, 0) is 14.0 Å². The Morgan fingerprint density at radius 3 is 2.51 bits per heavy atom. The number of likely N-dealkylation sites (tertiary alicyclic amines) is 1. The van der Waals surface area contributed by atoms with E-state index in [0.717, 1.165) is 51.6 Å². The number of carbonyl (C=O) groups is 1. The molecule has 0 spiro atoms. The van der Waals surface area contributed by atoms with E-state index in [0.29, 0.717) is 0 Å². The Hall–Kier alpha value is -2.84. The van der Waals surface area contributed by atoms with Crippen LogP contribution < -0.4 is 5.46 Å². The summed E-state index contributed by atoms with van der Waals surface area (Å²) in [5.74, 6) is 0.743. The average molecular weight is 475 g/mol. The van der Waals surface area contributed by atoms with E-state index in [2.05, 4.69) is 57.5 Å². The molecule has 1 amide bonds. The second kappa shape index (κ2) is 7.83. The lowest BCUT2D eigenvalue weighted by atomic mass is 9.78. The highest BCUT2D eigenvalue weighted by Gasteiger charge is 2.51. The lowest BCUT2D eigenvalue weighted by Crippen LogP contribution is -2.41. The van der Waals surface area contributed by atoms with Gasteiger partial charge in [-0.3, -0.25) is 4.90 Å². The van der Waals surface area contributed by atoms with Gasteiger partial charge in [-0.15, -0.1) is 0 Å². The number of allylic oxidation sites excluding steroid dienone is 1. The molecule has 1 atom stereocenters. The van der Waals surface area contributed by atoms with Gasteiger partial charge in [0.25, 0.3) is 0 Å². The summed E-state index contributed by atoms with van der Waals surface area (Å²) < 4.78 is 18.1. The van der Waals surface area contributed by atoms with Crippen molar-refractivity contribution in [3.63, 3.8) is 0 Å². The van der Waals surface area contributed by atoms with E-state index in [4.69, 9.17) is 19.0 Å². The van der Waals surface area contributed by atoms with Gasteiger partial charge in [-0.1, -0.05) is 30.8 Å². The van der Waals surface area contributed by atoms with Crippen molar-refractivity contribution in [3.05, 3.63) is 48.4 Å². The fourth-order valence-electron chi connectivity index (χ4n) is 4.72. The summed E-state index contributed by atoms with van der Waals surface area (Å²) in [5.41, 5.74) is 2.18. The molecule has 5 rings (SSSR count). The maximum Gasteiger partial charge on any atom is 0.494 e. The Bertz CT molecular complexity index is 1320. The summed E-state index contributed by atoms with van der Waals surface area (Å²) in [6.45, 7) is 17.9. The molecule has 2 fully saturated rings. The number of amides is 1. The van der Waals surface area contributed by atoms with E-state index in [1.807, 2.05) is 32.9 Å². The van der Waals surface area contributed by atoms with Gasteiger partial charge in [0.2, 0.25) is 0 Å². The van der Waals surface area contributed by atoms with Crippen molar-refractivity contribution >= 4 is 40.5 Å². The van der Waals surface area contributed by atoms with Crippen LogP contribution in [0.3, 0.4) is 0 Å². The molecule has 2 aliphatic heterocycles. The minimum Gasteiger partial charge on any atom is -0.443 e. The monoisotopic (exact) mass is 475 g/mol. The number of ether oxygens (including phenoxy) is 1. The van der Waals surface area contributed by atoms with Crippen molar-refractivity contribution in [1.82, 2.24) is 14.9 Å². The van der Waals surface area contributed by atoms with Gasteiger partial charge in [0.1, 0.15) is 11.4 Å². The predicted octanol–water partition coefficient (Wildman–Crippen LogP) is 5.60. The normalized spacial score (nSPS) is 21.9. The predicted molar refractivity (Wildman–Crippen MR) is 139 cm³/mol. The van der Waals surface area contributed by atoms with E-state index >= 15 is 0 Å². The maximum atomic E-state index is 12.9. The Morgan fingerprint density at radius 2 is 1.86 bits per heavy atom. The average Bonchev–Trinajstić information content (AvgIpc) is 3.39. The lowest BCUT2D eigenvalue weighted by molar-refractivity contribution is 0.00578. The number of carbonyl (C=O) groups excluding carboxylic acids is 1. The van der Waals surface area contributed by atoms with Gasteiger partial charge in [-0.25, -0.2) is 9.78 Å². The second-order valence-corrected chi connectivity index (χ2v) is 11.6. The first-order chi connectivity index (χ1) is 16.3. The zero-order chi connectivity index (χ0) is 25.3. The fraction of sp³-hybridized carbons (Fsp3) is 0.481. The number of imidazole rings is 1. The zero-order valence-corrected chi connectivity index (χ0v) is 21.7. The number of hydrogen-bond donors (Lipinski definition) is 1. The molecule has 0 radical (unpaired) electrons. The van der Waals surface area contributed by atoms with Crippen molar-refractivity contribution < 1.29 is 18.8 Å². The molecule has 0 unspecified atom stereocenters. The Labute approximate surface area is 207 Å². The molecular weight excluding hydrogens is 441 g/mol. The smallest absolute Gasteiger partial charge is 0.443 e. The first-order valence-electron chi connectivity index (χ1n) is 12.2. The first-order valence-corrected chi connectivity index (χ1v) is 12.2. The van der Waals surface area contributed by atoms with E-state index in [1.165, 1.54) is 0 Å². The van der Waals surface area contributed by atoms with Gasteiger partial charge < -0.3 is 19.0 Å². The van der Waals surface area contributed by atoms with E-state index < -0.39 is 12.7 Å². The van der Waals surface area contributed by atoms with Gasteiger partial charge >= 0.3 is 13.2 Å². The Morgan fingerprint density at radius 1 is 1.17 bits per heavy atom. The quantitative estimate of drug-likeness (QED) is 0.489. The molecule has 1 N–H and O–H groups in total. The number of rotatable bonds is 2. The number of nitrogens with one attached hydrogen (secondary N) is 1. The lowest BCUT2D eigenvalue weighted by Gasteiger charge is -2.32. The third-order valence-corrected chi connectivity index (χ3v) is 7.30. The summed E-state index contributed by atoms with van der Waals surface area (Å²) in [5, 5.41) is 2.09. The summed E-state index contributed by atoms with van der Waals surface area (Å²) in [6.07, 6.45) is 1.09. The second-order valence-electron chi connectivity index (χ2n) is 11.6. The van der Waals surface area contributed by atoms with Gasteiger partial charge in [-0.05, 0) is 78.2 Å². The molecule has 7 nitrogen and oxygen atoms in total. The van der Waals surface area contributed by atoms with Crippen LogP contribution in [0, 0.1) is 0 Å². The number of fused-ring (bicyclic) bond motifs is 3. The Balaban J connectivity index is 1.48. The third kappa shape index (κ3) is 4.12. The maximum absolute atomic E-state index is 12.9. The highest BCUT2D eigenvalue weighted by molar-refractivity contribution is 6.62. The summed E-state index contributed by atoms with van der Waals surface area (Å²) in [4.78, 5) is 22.9. The molecule has 8 heteroatoms. The van der Waals surface area contributed by atoms with Crippen LogP contribution in [0.15, 0.2) is 42.6 Å². The molecular formula is C27H34BN3O4. The first kappa shape index (κ1) is 23.9. The molecule has 0 bridgehead atoms. The van der Waals surface area contributed by atoms with Crippen LogP contribution in [0.2, 0.25) is 0 Å². The van der Waals surface area contributed by atoms with Crippen molar-refractivity contribution in [2.24, 2.45) is 0 Å². The van der Waals surface area contributed by atoms with Crippen LogP contribution in [0.4, 0.5) is 4.79 Å². The van der Waals surface area contributed by atoms with Crippen LogP contribution in [-0.4, -0.2) is 44.9 Å². The van der Waals surface area contributed by atoms with E-state index in [1.54, 1.807) is 4.90 Å². The third-order valence-electron chi connectivity index (χ3n) is 7.30. The number of H-pyrrole nitrogens is 1. The molecule has 35 heavy (non-hydrogen) atoms. The van der Waals surface area contributed by atoms with Crippen molar-refractivity contribution in [1.29, 1.82) is 0 Å². The van der Waals surface area contributed by atoms with Gasteiger partial charge in [0, 0.05) is 11.1 Å². The highest BCUT2D eigenvalue weighted by Crippen LogP contribution is 2.39. The molecule has 2 aliphatic rings. The molecule has 1 aromatic heterocycles. The molecule has 2 aromatic carbocycles. The molecule has 0 aliphatic carbocycles. The van der Waals surface area contributed by atoms with Crippen LogP contribution in [0.5, 0.6) is 0 Å². The van der Waals surface area contributed by atoms with Crippen LogP contribution in [0.25, 0.3) is 21.8 Å². The fourth-order valence-corrected chi connectivity index (χ4v) is 4.72. The SMILES string of the molecule is C=C1CC[C@@H](c2nc3c(ccc4cc(B5OC(C)(C)C(C)(C)O5)ccc43)[nH]2)N1C(=O)OC(C)(C)C. The Kier molecular flexibility index (Phi) is 5.35. The molecule has 3 heterocycles. The molecule has 3 aromatic rings. The van der Waals surface area contributed by atoms with Gasteiger partial charge in [0.05, 0.1) is 28.3 Å². The van der Waals surface area contributed by atoms with Crippen molar-refractivity contribution in [2.45, 2.75) is 84.2 Å². The largest absolute Gasteiger partial charge is 0.494 e. The standard InChI is InChI=1S/C27H34BN3O4/c1-16-9-14-21(31(16)24(32)33-25(2,3)4)23-29-20-13-10-17-15-18(11-12-19(17)22(20)30-23)28-34-26(5,6)27(7,8)35-28/h10-13,15,21H,1,9,14H2,2-8H3,(H,29,30)/t21-/m0/s1. The van der Waals surface area contributed by atoms with Gasteiger partial charge in [-0.2, -0.15) is 0 Å². The number of nitrogens with zero attached hydrogens (tertiary/aromatic N) is 2. The minimum absolute atomic E-state index is 0.233. The van der Waals surface area contributed by atoms with Crippen molar-refractivity contribution in [3.8, 4) is 0 Å². The van der Waals surface area contributed by atoms with Crippen molar-refractivity contribution in [2.75, 3.05) is 0 Å². The van der Waals surface area contributed by atoms with Crippen LogP contribution in [0.1, 0.15) is 73.2 Å². The summed E-state index contributed by atoms with van der Waals surface area (Å²) >= 11 is 0. The van der Waals surface area contributed by atoms with Gasteiger partial charge in [0.15, 0.2) is 0 Å². The number of hydrogen-bond acceptors (Lipinski definition) is 5. The van der Waals surface area contributed by atoms with E-state index in [-0.39, 0.29) is 23.3 Å². The number of aromatic amines is 1. The number of aromatic nitrogens is 2. The molecule has 0 saturated carbocycles. The summed E-state index contributed by atoms with van der Waals surface area (Å²) in [7, 11) is -0.415. The van der Waals surface area contributed by atoms with Crippen LogP contribution >= 0.6 is 0 Å². The minimum atomic E-state index is -0.580. The topological polar surface area (TPSA) is 76.7 Å². The summed E-state index contributed by atoms with van der Waals surface area (Å²) in [6, 6.07) is 10.1. The zero-order valence-electron chi connectivity index (χ0n) is 21.7. The molecule has 2 saturated heterocycles.